The van der Waals surface area contributed by atoms with Crippen molar-refractivity contribution in [3.8, 4) is 0 Å². The lowest BCUT2D eigenvalue weighted by Gasteiger charge is -2.36. The van der Waals surface area contributed by atoms with Crippen LogP contribution in [0, 0.1) is 0 Å². The second kappa shape index (κ2) is 8.53. The highest BCUT2D eigenvalue weighted by atomic mass is 15.4. The van der Waals surface area contributed by atoms with Crippen molar-refractivity contribution in [3.05, 3.63) is 114 Å². The number of benzene rings is 3. The Bertz CT molecular complexity index is 850. The molecule has 1 aromatic heterocycles. The van der Waals surface area contributed by atoms with Gasteiger partial charge in [0.15, 0.2) is 5.82 Å². The van der Waals surface area contributed by atoms with E-state index >= 15 is 0 Å². The van der Waals surface area contributed by atoms with Crippen molar-refractivity contribution >= 4 is 5.82 Å². The summed E-state index contributed by atoms with van der Waals surface area (Å²) in [6, 6.07) is 31.9. The van der Waals surface area contributed by atoms with Crippen molar-refractivity contribution < 1.29 is 0 Å². The molecule has 2 N–H and O–H groups in total. The molecule has 0 saturated heterocycles. The summed E-state index contributed by atoms with van der Waals surface area (Å²) in [6.07, 6.45) is 4.45. The van der Waals surface area contributed by atoms with E-state index in [4.69, 9.17) is 0 Å². The highest BCUT2D eigenvalue weighted by Gasteiger charge is 2.32. The van der Waals surface area contributed by atoms with Crippen LogP contribution in [0.15, 0.2) is 97.2 Å². The summed E-state index contributed by atoms with van der Waals surface area (Å²) < 4.78 is 0. The molecule has 4 aromatic rings. The molecule has 0 aliphatic carbocycles. The van der Waals surface area contributed by atoms with Crippen molar-refractivity contribution in [2.45, 2.75) is 24.8 Å². The fourth-order valence-electron chi connectivity index (χ4n) is 3.81. The number of hydrogen-bond donors (Lipinski definition) is 2. The van der Waals surface area contributed by atoms with E-state index in [9.17, 15) is 0 Å². The van der Waals surface area contributed by atoms with Gasteiger partial charge in [0.05, 0.1) is 11.7 Å². The van der Waals surface area contributed by atoms with E-state index in [1.54, 1.807) is 0 Å². The van der Waals surface area contributed by atoms with Crippen molar-refractivity contribution in [2.24, 2.45) is 0 Å². The number of H-pyrrole nitrogens is 1. The SMILES string of the molecule is c1ccc(CC(Cc2ccccc2)(Cc2ccccc2)Nc2c[nH]nn2)cc1. The first-order chi connectivity index (χ1) is 13.8. The van der Waals surface area contributed by atoms with Crippen molar-refractivity contribution in [1.82, 2.24) is 15.4 Å². The largest absolute Gasteiger partial charge is 0.361 e. The van der Waals surface area contributed by atoms with Crippen molar-refractivity contribution in [3.63, 3.8) is 0 Å². The van der Waals surface area contributed by atoms with E-state index in [0.717, 1.165) is 25.1 Å². The van der Waals surface area contributed by atoms with E-state index in [0.29, 0.717) is 0 Å². The molecule has 4 nitrogen and oxygen atoms in total. The number of hydrogen-bond acceptors (Lipinski definition) is 3. The van der Waals surface area contributed by atoms with Crippen molar-refractivity contribution in [2.75, 3.05) is 5.32 Å². The fourth-order valence-corrected chi connectivity index (χ4v) is 3.81. The van der Waals surface area contributed by atoms with Crippen LogP contribution in [0.1, 0.15) is 16.7 Å². The molecule has 0 fully saturated rings. The Balaban J connectivity index is 1.74. The van der Waals surface area contributed by atoms with Gasteiger partial charge >= 0.3 is 0 Å². The molecule has 0 aliphatic heterocycles. The third-order valence-electron chi connectivity index (χ3n) is 4.97. The normalized spacial score (nSPS) is 11.3. The van der Waals surface area contributed by atoms with Gasteiger partial charge in [-0.05, 0) is 36.0 Å². The van der Waals surface area contributed by atoms with Crippen LogP contribution in [0.3, 0.4) is 0 Å². The van der Waals surface area contributed by atoms with Crippen LogP contribution in [0.25, 0.3) is 0 Å². The van der Waals surface area contributed by atoms with Crippen LogP contribution in [0.5, 0.6) is 0 Å². The molecule has 4 rings (SSSR count). The van der Waals surface area contributed by atoms with Gasteiger partial charge in [-0.15, -0.1) is 5.10 Å². The summed E-state index contributed by atoms with van der Waals surface area (Å²) in [6.45, 7) is 0. The maximum Gasteiger partial charge on any atom is 0.168 e. The highest BCUT2D eigenvalue weighted by Crippen LogP contribution is 2.28. The van der Waals surface area contributed by atoms with Gasteiger partial charge < -0.3 is 5.32 Å². The Hall–Kier alpha value is -3.40. The summed E-state index contributed by atoms with van der Waals surface area (Å²) in [5.41, 5.74) is 3.65. The topological polar surface area (TPSA) is 53.6 Å². The molecule has 0 aliphatic rings. The average Bonchev–Trinajstić information content (AvgIpc) is 3.23. The summed E-state index contributed by atoms with van der Waals surface area (Å²) in [4.78, 5) is 0. The molecule has 0 atom stereocenters. The van der Waals surface area contributed by atoms with Gasteiger partial charge in [0.25, 0.3) is 0 Å². The predicted octanol–water partition coefficient (Wildman–Crippen LogP) is 4.68. The molecule has 0 unspecified atom stereocenters. The Kier molecular flexibility index (Phi) is 5.48. The number of anilines is 1. The van der Waals surface area contributed by atoms with E-state index in [1.165, 1.54) is 16.7 Å². The third-order valence-corrected chi connectivity index (χ3v) is 4.97. The Morgan fingerprint density at radius 1 is 0.643 bits per heavy atom. The maximum absolute atomic E-state index is 4.21. The summed E-state index contributed by atoms with van der Waals surface area (Å²) in [5, 5.41) is 14.6. The Morgan fingerprint density at radius 3 is 1.43 bits per heavy atom. The lowest BCUT2D eigenvalue weighted by molar-refractivity contribution is 0.454. The lowest BCUT2D eigenvalue weighted by Crippen LogP contribution is -2.45. The number of aromatic amines is 1. The smallest absolute Gasteiger partial charge is 0.168 e. The number of rotatable bonds is 8. The van der Waals surface area contributed by atoms with Crippen LogP contribution in [0.2, 0.25) is 0 Å². The quantitative estimate of drug-likeness (QED) is 0.475. The van der Waals surface area contributed by atoms with Gasteiger partial charge in [-0.1, -0.05) is 96.2 Å². The van der Waals surface area contributed by atoms with E-state index < -0.39 is 0 Å². The molecular weight excluding hydrogens is 344 g/mol. The molecule has 3 aromatic carbocycles. The standard InChI is InChI=1S/C24H24N4/c1-4-10-20(11-5-1)16-24(26-23-19-25-28-27-23,17-21-12-6-2-7-13-21)18-22-14-8-3-9-15-22/h1-15,19H,16-18H2,(H2,25,26,27,28). The molecule has 4 heteroatoms. The summed E-state index contributed by atoms with van der Waals surface area (Å²) >= 11 is 0. The van der Waals surface area contributed by atoms with E-state index in [1.807, 2.05) is 6.20 Å². The zero-order valence-corrected chi connectivity index (χ0v) is 15.8. The minimum Gasteiger partial charge on any atom is -0.361 e. The van der Waals surface area contributed by atoms with Gasteiger partial charge in [0.1, 0.15) is 0 Å². The Labute approximate surface area is 165 Å². The number of nitrogens with zero attached hydrogens (tertiary/aromatic N) is 2. The summed E-state index contributed by atoms with van der Waals surface area (Å²) in [5.74, 6) is 0.766. The average molecular weight is 368 g/mol. The first-order valence-electron chi connectivity index (χ1n) is 9.58. The minimum atomic E-state index is -0.235. The van der Waals surface area contributed by atoms with E-state index in [2.05, 4.69) is 112 Å². The van der Waals surface area contributed by atoms with Gasteiger partial charge in [-0.2, -0.15) is 0 Å². The lowest BCUT2D eigenvalue weighted by atomic mass is 9.79. The Morgan fingerprint density at radius 2 is 1.07 bits per heavy atom. The maximum atomic E-state index is 4.21. The van der Waals surface area contributed by atoms with Crippen LogP contribution in [0.4, 0.5) is 5.82 Å². The second-order valence-corrected chi connectivity index (χ2v) is 7.25. The second-order valence-electron chi connectivity index (χ2n) is 7.25. The van der Waals surface area contributed by atoms with Crippen LogP contribution >= 0.6 is 0 Å². The number of nitrogens with one attached hydrogen (secondary N) is 2. The van der Waals surface area contributed by atoms with Crippen molar-refractivity contribution in [1.29, 1.82) is 0 Å². The molecule has 0 saturated carbocycles. The van der Waals surface area contributed by atoms with Gasteiger partial charge in [-0.25, -0.2) is 0 Å². The first kappa shape index (κ1) is 18.0. The molecule has 140 valence electrons. The zero-order valence-electron chi connectivity index (χ0n) is 15.8. The third kappa shape index (κ3) is 4.65. The molecule has 0 bridgehead atoms. The monoisotopic (exact) mass is 368 g/mol. The molecular formula is C24H24N4. The molecule has 28 heavy (non-hydrogen) atoms. The molecule has 1 heterocycles. The minimum absolute atomic E-state index is 0.235. The predicted molar refractivity (Wildman–Crippen MR) is 113 cm³/mol. The fraction of sp³-hybridized carbons (Fsp3) is 0.167. The zero-order chi connectivity index (χ0) is 19.1. The van der Waals surface area contributed by atoms with Crippen LogP contribution < -0.4 is 5.32 Å². The van der Waals surface area contributed by atoms with E-state index in [-0.39, 0.29) is 5.54 Å². The highest BCUT2D eigenvalue weighted by molar-refractivity contribution is 5.39. The van der Waals surface area contributed by atoms with Crippen LogP contribution in [-0.2, 0) is 19.3 Å². The first-order valence-corrected chi connectivity index (χ1v) is 9.58. The number of aromatic nitrogens is 3. The molecule has 0 radical (unpaired) electrons. The van der Waals surface area contributed by atoms with Gasteiger partial charge in [0, 0.05) is 0 Å². The van der Waals surface area contributed by atoms with Gasteiger partial charge in [-0.3, -0.25) is 5.10 Å². The molecule has 0 spiro atoms. The van der Waals surface area contributed by atoms with Crippen LogP contribution in [-0.4, -0.2) is 20.9 Å². The van der Waals surface area contributed by atoms with Gasteiger partial charge in [0.2, 0.25) is 0 Å². The summed E-state index contributed by atoms with van der Waals surface area (Å²) in [7, 11) is 0. The molecule has 0 amide bonds.